The zero-order valence-corrected chi connectivity index (χ0v) is 18.5. The highest BCUT2D eigenvalue weighted by molar-refractivity contribution is 7.87. The highest BCUT2D eigenvalue weighted by Gasteiger charge is 2.39. The molecule has 11 nitrogen and oxygen atoms in total. The average Bonchev–Trinajstić information content (AvgIpc) is 3.28. The fourth-order valence-electron chi connectivity index (χ4n) is 3.94. The van der Waals surface area contributed by atoms with E-state index in [0.29, 0.717) is 0 Å². The standard InChI is InChI=1S/C22H20N2O9S/c25-19-9-10-20(26)24(19)33-21(27)18(34(29,30)31)11-23-22(28)32-12-17-15-7-3-1-5-13(15)14-6-2-4-8-16(14)17/h1-8,17-18H,9-12H2,(H,23,28)(H,29,30,31). The molecule has 2 aliphatic rings. The molecule has 1 unspecified atom stereocenters. The minimum Gasteiger partial charge on any atom is -0.449 e. The first-order chi connectivity index (χ1) is 16.2. The summed E-state index contributed by atoms with van der Waals surface area (Å²) in [6, 6.07) is 15.3. The summed E-state index contributed by atoms with van der Waals surface area (Å²) in [5.74, 6) is -3.48. The number of nitrogens with zero attached hydrogens (tertiary/aromatic N) is 1. The molecule has 1 fully saturated rings. The fraction of sp³-hybridized carbons (Fsp3) is 0.273. The minimum absolute atomic E-state index is 0.0579. The van der Waals surface area contributed by atoms with Gasteiger partial charge < -0.3 is 14.9 Å². The number of imide groups is 1. The van der Waals surface area contributed by atoms with Gasteiger partial charge in [-0.25, -0.2) is 9.59 Å². The van der Waals surface area contributed by atoms with E-state index in [9.17, 15) is 32.1 Å². The molecule has 1 heterocycles. The summed E-state index contributed by atoms with van der Waals surface area (Å²) < 4.78 is 37.9. The number of benzene rings is 2. The molecule has 0 spiro atoms. The van der Waals surface area contributed by atoms with Crippen LogP contribution >= 0.6 is 0 Å². The number of carbonyl (C=O) groups excluding carboxylic acids is 4. The molecule has 0 saturated carbocycles. The van der Waals surface area contributed by atoms with Crippen LogP contribution in [-0.4, -0.2) is 60.3 Å². The van der Waals surface area contributed by atoms with Crippen molar-refractivity contribution in [1.82, 2.24) is 10.4 Å². The first kappa shape index (κ1) is 23.4. The van der Waals surface area contributed by atoms with Crippen molar-refractivity contribution in [2.75, 3.05) is 13.2 Å². The van der Waals surface area contributed by atoms with Crippen LogP contribution in [0.25, 0.3) is 11.1 Å². The van der Waals surface area contributed by atoms with E-state index in [2.05, 4.69) is 10.2 Å². The van der Waals surface area contributed by atoms with Crippen LogP contribution in [0, 0.1) is 0 Å². The van der Waals surface area contributed by atoms with Crippen molar-refractivity contribution in [3.05, 3.63) is 59.7 Å². The Kier molecular flexibility index (Phi) is 6.35. The number of hydrogen-bond acceptors (Lipinski definition) is 8. The molecule has 0 aromatic heterocycles. The molecule has 0 bridgehead atoms. The molecular formula is C22H20N2O9S. The number of amides is 3. The minimum atomic E-state index is -5.04. The summed E-state index contributed by atoms with van der Waals surface area (Å²) in [7, 11) is -5.04. The number of carbonyl (C=O) groups is 4. The molecule has 4 rings (SSSR count). The lowest BCUT2D eigenvalue weighted by Gasteiger charge is -2.18. The van der Waals surface area contributed by atoms with Gasteiger partial charge in [-0.2, -0.15) is 8.42 Å². The van der Waals surface area contributed by atoms with E-state index in [1.54, 1.807) is 0 Å². The van der Waals surface area contributed by atoms with Crippen LogP contribution in [0.2, 0.25) is 0 Å². The summed E-state index contributed by atoms with van der Waals surface area (Å²) in [6.45, 7) is -0.956. The lowest BCUT2D eigenvalue weighted by molar-refractivity contribution is -0.197. The number of fused-ring (bicyclic) bond motifs is 3. The van der Waals surface area contributed by atoms with E-state index in [1.807, 2.05) is 48.5 Å². The number of rotatable bonds is 7. The molecule has 34 heavy (non-hydrogen) atoms. The van der Waals surface area contributed by atoms with E-state index >= 15 is 0 Å². The van der Waals surface area contributed by atoms with E-state index < -0.39 is 45.8 Å². The maximum Gasteiger partial charge on any atom is 0.407 e. The Morgan fingerprint density at radius 1 is 1.00 bits per heavy atom. The van der Waals surface area contributed by atoms with Crippen molar-refractivity contribution < 1.29 is 41.7 Å². The van der Waals surface area contributed by atoms with Crippen molar-refractivity contribution >= 4 is 34.0 Å². The smallest absolute Gasteiger partial charge is 0.407 e. The van der Waals surface area contributed by atoms with Gasteiger partial charge in [-0.3, -0.25) is 14.1 Å². The Balaban J connectivity index is 1.38. The van der Waals surface area contributed by atoms with Crippen LogP contribution in [0.1, 0.15) is 29.9 Å². The molecule has 178 valence electrons. The van der Waals surface area contributed by atoms with Crippen molar-refractivity contribution in [1.29, 1.82) is 0 Å². The largest absolute Gasteiger partial charge is 0.449 e. The SMILES string of the molecule is O=C(NCC(C(=O)ON1C(=O)CCC1=O)S(=O)(=O)O)OCC1c2ccccc2-c2ccccc21. The molecule has 2 N–H and O–H groups in total. The molecule has 2 aromatic carbocycles. The number of hydrogen-bond donors (Lipinski definition) is 2. The summed E-state index contributed by atoms with van der Waals surface area (Å²) in [5, 5.41) is -0.0227. The molecule has 3 amide bonds. The van der Waals surface area contributed by atoms with Crippen LogP contribution in [-0.2, 0) is 34.1 Å². The van der Waals surface area contributed by atoms with Gasteiger partial charge in [0.2, 0.25) is 5.25 Å². The number of hydroxylamine groups is 2. The summed E-state index contributed by atoms with van der Waals surface area (Å²) in [6.07, 6.45) is -1.42. The third kappa shape index (κ3) is 4.63. The molecule has 1 atom stereocenters. The van der Waals surface area contributed by atoms with Gasteiger partial charge >= 0.3 is 12.1 Å². The van der Waals surface area contributed by atoms with Gasteiger partial charge in [0.1, 0.15) is 6.61 Å². The Morgan fingerprint density at radius 3 is 2.06 bits per heavy atom. The quantitative estimate of drug-likeness (QED) is 0.434. The van der Waals surface area contributed by atoms with Gasteiger partial charge in [-0.15, -0.1) is 5.06 Å². The molecule has 0 radical (unpaired) electrons. The van der Waals surface area contributed by atoms with Gasteiger partial charge in [0.15, 0.2) is 0 Å². The molecule has 2 aromatic rings. The first-order valence-corrected chi connectivity index (χ1v) is 11.8. The monoisotopic (exact) mass is 488 g/mol. The van der Waals surface area contributed by atoms with E-state index in [0.717, 1.165) is 22.3 Å². The van der Waals surface area contributed by atoms with Crippen molar-refractivity contribution in [3.8, 4) is 11.1 Å². The lowest BCUT2D eigenvalue weighted by Crippen LogP contribution is -2.45. The Bertz CT molecular complexity index is 1210. The third-order valence-corrected chi connectivity index (χ3v) is 6.66. The van der Waals surface area contributed by atoms with Crippen molar-refractivity contribution in [2.45, 2.75) is 24.0 Å². The zero-order valence-electron chi connectivity index (χ0n) is 17.7. The average molecular weight is 488 g/mol. The van der Waals surface area contributed by atoms with E-state index in [1.165, 1.54) is 0 Å². The molecule has 12 heteroatoms. The number of alkyl carbamates (subject to hydrolysis) is 1. The molecular weight excluding hydrogens is 468 g/mol. The molecule has 1 aliphatic carbocycles. The Labute approximate surface area is 194 Å². The predicted molar refractivity (Wildman–Crippen MR) is 116 cm³/mol. The molecule has 1 saturated heterocycles. The van der Waals surface area contributed by atoms with Crippen LogP contribution < -0.4 is 5.32 Å². The summed E-state index contributed by atoms with van der Waals surface area (Å²) in [4.78, 5) is 52.1. The summed E-state index contributed by atoms with van der Waals surface area (Å²) in [5.41, 5.74) is 3.98. The molecule has 1 aliphatic heterocycles. The maximum atomic E-state index is 12.2. The van der Waals surface area contributed by atoms with Crippen LogP contribution in [0.5, 0.6) is 0 Å². The maximum absolute atomic E-state index is 12.2. The Morgan fingerprint density at radius 2 is 1.53 bits per heavy atom. The van der Waals surface area contributed by atoms with E-state index in [-0.39, 0.29) is 30.4 Å². The highest BCUT2D eigenvalue weighted by atomic mass is 32.2. The topological polar surface area (TPSA) is 156 Å². The van der Waals surface area contributed by atoms with Crippen LogP contribution in [0.15, 0.2) is 48.5 Å². The second kappa shape index (κ2) is 9.23. The van der Waals surface area contributed by atoms with Gasteiger partial charge in [-0.05, 0) is 22.3 Å². The normalized spacial score (nSPS) is 16.1. The van der Waals surface area contributed by atoms with Crippen molar-refractivity contribution in [2.24, 2.45) is 0 Å². The van der Waals surface area contributed by atoms with E-state index in [4.69, 9.17) is 4.74 Å². The van der Waals surface area contributed by atoms with Gasteiger partial charge in [0.05, 0.1) is 6.54 Å². The van der Waals surface area contributed by atoms with Crippen LogP contribution in [0.3, 0.4) is 0 Å². The van der Waals surface area contributed by atoms with Gasteiger partial charge in [0, 0.05) is 18.8 Å². The predicted octanol–water partition coefficient (Wildman–Crippen LogP) is 1.39. The van der Waals surface area contributed by atoms with Crippen molar-refractivity contribution in [3.63, 3.8) is 0 Å². The fourth-order valence-corrected chi connectivity index (χ4v) is 4.52. The first-order valence-electron chi connectivity index (χ1n) is 10.3. The zero-order chi connectivity index (χ0) is 24.5. The van der Waals surface area contributed by atoms with Crippen LogP contribution in [0.4, 0.5) is 4.79 Å². The Hall–Kier alpha value is -3.77. The lowest BCUT2D eigenvalue weighted by atomic mass is 9.98. The second-order valence-electron chi connectivity index (χ2n) is 7.70. The van der Waals surface area contributed by atoms with Gasteiger partial charge in [0.25, 0.3) is 21.9 Å². The summed E-state index contributed by atoms with van der Waals surface area (Å²) >= 11 is 0. The van der Waals surface area contributed by atoms with Gasteiger partial charge in [-0.1, -0.05) is 48.5 Å². The third-order valence-electron chi connectivity index (χ3n) is 5.58. The highest BCUT2D eigenvalue weighted by Crippen LogP contribution is 2.44. The number of nitrogens with one attached hydrogen (secondary N) is 1. The number of ether oxygens (including phenoxy) is 1. The second-order valence-corrected chi connectivity index (χ2v) is 9.30.